The number of hydrogen-bond donors (Lipinski definition) is 0. The molecule has 0 spiro atoms. The molecule has 0 aliphatic heterocycles. The maximum atomic E-state index is 2.53. The fourth-order valence-electron chi connectivity index (χ4n) is 0.983. The van der Waals surface area contributed by atoms with Crippen LogP contribution in [-0.4, -0.2) is 3.79 Å². The predicted molar refractivity (Wildman–Crippen MR) is 87.7 cm³/mol. The largest absolute Gasteiger partial charge is 0.206 e. The fraction of sp³-hybridized carbons (Fsp3) is 0. The molecule has 2 aromatic rings. The van der Waals surface area contributed by atoms with Crippen molar-refractivity contribution in [2.24, 2.45) is 0 Å². The van der Waals surface area contributed by atoms with E-state index < -0.39 is 3.79 Å². The summed E-state index contributed by atoms with van der Waals surface area (Å²) in [6.07, 6.45) is 0. The first-order chi connectivity index (χ1) is 7.30. The second-order valence-electron chi connectivity index (χ2n) is 2.87. The summed E-state index contributed by atoms with van der Waals surface area (Å²) in [5, 5.41) is 1.53. The molecule has 0 atom stereocenters. The molecule has 0 saturated carbocycles. The summed E-state index contributed by atoms with van der Waals surface area (Å²) in [6.45, 7) is 0. The highest BCUT2D eigenvalue weighted by Gasteiger charge is 2.00. The lowest BCUT2D eigenvalue weighted by atomic mass is 10.4. The molecule has 0 unspecified atom stereocenters. The molecular formula is C12H12I2Si. The summed E-state index contributed by atoms with van der Waals surface area (Å²) in [5.41, 5.74) is 0. The Kier molecular flexibility index (Phi) is 7.29. The van der Waals surface area contributed by atoms with Gasteiger partial charge >= 0.3 is 0 Å². The highest BCUT2D eigenvalue weighted by Crippen LogP contribution is 2.03. The van der Waals surface area contributed by atoms with Gasteiger partial charge in [-0.2, -0.15) is 0 Å². The van der Waals surface area contributed by atoms with Crippen LogP contribution in [-0.2, 0) is 0 Å². The van der Waals surface area contributed by atoms with Gasteiger partial charge in [0.2, 0.25) is 3.79 Å². The molecule has 2 rings (SSSR count). The van der Waals surface area contributed by atoms with Gasteiger partial charge in [0.25, 0.3) is 0 Å². The normalized spacial score (nSPS) is 9.27. The molecule has 0 radical (unpaired) electrons. The molecule has 0 N–H and O–H groups in total. The van der Waals surface area contributed by atoms with Crippen molar-refractivity contribution in [3.63, 3.8) is 0 Å². The zero-order valence-electron chi connectivity index (χ0n) is 8.18. The van der Waals surface area contributed by atoms with Gasteiger partial charge in [-0.15, -0.1) is 43.6 Å². The number of halogens is 2. The smallest absolute Gasteiger partial charge is 0.103 e. The molecule has 0 fully saturated rings. The first-order valence-corrected chi connectivity index (χ1v) is 13.6. The molecule has 0 nitrogen and oxygen atoms in total. The van der Waals surface area contributed by atoms with Gasteiger partial charge in [0.1, 0.15) is 0 Å². The Morgan fingerprint density at radius 1 is 0.600 bits per heavy atom. The first kappa shape index (κ1) is 13.2. The van der Waals surface area contributed by atoms with Crippen molar-refractivity contribution in [2.45, 2.75) is 0 Å². The van der Waals surface area contributed by atoms with Crippen molar-refractivity contribution >= 4 is 52.6 Å². The highest BCUT2D eigenvalue weighted by atomic mass is 127. The molecule has 0 heterocycles. The van der Waals surface area contributed by atoms with E-state index in [2.05, 4.69) is 73.9 Å². The van der Waals surface area contributed by atoms with Crippen LogP contribution in [0.15, 0.2) is 66.7 Å². The van der Waals surface area contributed by atoms with Gasteiger partial charge in [0.05, 0.1) is 0 Å². The van der Waals surface area contributed by atoms with E-state index >= 15 is 0 Å². The predicted octanol–water partition coefficient (Wildman–Crippen LogP) is 3.67. The molecule has 15 heavy (non-hydrogen) atoms. The van der Waals surface area contributed by atoms with Crippen LogP contribution in [0.4, 0.5) is 0 Å². The summed E-state index contributed by atoms with van der Waals surface area (Å²) in [7, 11) is 0. The topological polar surface area (TPSA) is 0 Å². The second-order valence-corrected chi connectivity index (χ2v) is 18.8. The SMILES string of the molecule is I[SiH](I)c1ccccc1.c1ccccc1. The third-order valence-corrected chi connectivity index (χ3v) is 6.92. The number of rotatable bonds is 1. The van der Waals surface area contributed by atoms with E-state index in [1.807, 2.05) is 36.4 Å². The lowest BCUT2D eigenvalue weighted by molar-refractivity contribution is 1.72. The van der Waals surface area contributed by atoms with E-state index in [9.17, 15) is 0 Å². The molecule has 3 heteroatoms. The van der Waals surface area contributed by atoms with E-state index in [1.165, 1.54) is 5.19 Å². The van der Waals surface area contributed by atoms with Crippen LogP contribution in [0.25, 0.3) is 0 Å². The van der Waals surface area contributed by atoms with Crippen LogP contribution < -0.4 is 5.19 Å². The molecule has 2 aromatic carbocycles. The van der Waals surface area contributed by atoms with Crippen LogP contribution in [0, 0.1) is 0 Å². The van der Waals surface area contributed by atoms with Gasteiger partial charge in [-0.25, -0.2) is 0 Å². The van der Waals surface area contributed by atoms with Crippen LogP contribution in [0.3, 0.4) is 0 Å². The Morgan fingerprint density at radius 3 is 1.20 bits per heavy atom. The Balaban J connectivity index is 0.000000162. The molecule has 0 bridgehead atoms. The third kappa shape index (κ3) is 6.31. The maximum absolute atomic E-state index is 2.53. The minimum absolute atomic E-state index is 0.589. The van der Waals surface area contributed by atoms with Gasteiger partial charge in [-0.05, 0) is 5.19 Å². The van der Waals surface area contributed by atoms with E-state index in [0.29, 0.717) is 0 Å². The zero-order valence-corrected chi connectivity index (χ0v) is 13.7. The van der Waals surface area contributed by atoms with Gasteiger partial charge < -0.3 is 0 Å². The maximum Gasteiger partial charge on any atom is 0.206 e. The Bertz CT molecular complexity index is 322. The zero-order chi connectivity index (χ0) is 10.9. The minimum Gasteiger partial charge on any atom is -0.103 e. The monoisotopic (exact) mass is 438 g/mol. The molecule has 0 aliphatic rings. The highest BCUT2D eigenvalue weighted by molar-refractivity contribution is 14.3. The van der Waals surface area contributed by atoms with Crippen molar-refractivity contribution in [2.75, 3.05) is 0 Å². The van der Waals surface area contributed by atoms with Crippen LogP contribution in [0.2, 0.25) is 0 Å². The lowest BCUT2D eigenvalue weighted by Crippen LogP contribution is -2.14. The van der Waals surface area contributed by atoms with E-state index in [4.69, 9.17) is 0 Å². The van der Waals surface area contributed by atoms with E-state index in [0.717, 1.165) is 0 Å². The standard InChI is InChI=1S/C6H6I2Si.C6H6/c7-9(8)6-4-2-1-3-5-6;1-2-4-6-5-3-1/h1-5,9H;1-6H. The molecule has 0 saturated heterocycles. The fourth-order valence-corrected chi connectivity index (χ4v) is 3.99. The van der Waals surface area contributed by atoms with Gasteiger partial charge in [0, 0.05) is 0 Å². The average molecular weight is 438 g/mol. The van der Waals surface area contributed by atoms with Crippen LogP contribution in [0.5, 0.6) is 0 Å². The molecule has 78 valence electrons. The first-order valence-electron chi connectivity index (χ1n) is 4.64. The van der Waals surface area contributed by atoms with Crippen LogP contribution >= 0.6 is 43.6 Å². The quantitative estimate of drug-likeness (QED) is 0.362. The summed E-state index contributed by atoms with van der Waals surface area (Å²) < 4.78 is -0.589. The Labute approximate surface area is 118 Å². The third-order valence-electron chi connectivity index (χ3n) is 1.72. The molecular weight excluding hydrogens is 426 g/mol. The van der Waals surface area contributed by atoms with Crippen molar-refractivity contribution < 1.29 is 0 Å². The Morgan fingerprint density at radius 2 is 0.933 bits per heavy atom. The van der Waals surface area contributed by atoms with Crippen molar-refractivity contribution in [3.05, 3.63) is 66.7 Å². The number of benzene rings is 2. The van der Waals surface area contributed by atoms with Gasteiger partial charge in [-0.3, -0.25) is 0 Å². The molecule has 0 amide bonds. The summed E-state index contributed by atoms with van der Waals surface area (Å²) in [4.78, 5) is 0. The lowest BCUT2D eigenvalue weighted by Gasteiger charge is -1.96. The summed E-state index contributed by atoms with van der Waals surface area (Å²) in [5.74, 6) is 0. The van der Waals surface area contributed by atoms with Gasteiger partial charge in [0.15, 0.2) is 0 Å². The van der Waals surface area contributed by atoms with Gasteiger partial charge in [-0.1, -0.05) is 66.7 Å². The van der Waals surface area contributed by atoms with Crippen molar-refractivity contribution in [3.8, 4) is 0 Å². The minimum atomic E-state index is -0.589. The molecule has 0 aromatic heterocycles. The summed E-state index contributed by atoms with van der Waals surface area (Å²) >= 11 is 5.07. The number of hydrogen-bond acceptors (Lipinski definition) is 0. The van der Waals surface area contributed by atoms with E-state index in [1.54, 1.807) is 0 Å². The van der Waals surface area contributed by atoms with Crippen molar-refractivity contribution in [1.29, 1.82) is 0 Å². The second kappa shape index (κ2) is 8.29. The molecule has 0 aliphatic carbocycles. The van der Waals surface area contributed by atoms with Crippen LogP contribution in [0.1, 0.15) is 0 Å². The Hall–Kier alpha value is 0.117. The average Bonchev–Trinajstić information content (AvgIpc) is 2.33. The van der Waals surface area contributed by atoms with E-state index in [-0.39, 0.29) is 0 Å². The van der Waals surface area contributed by atoms with Crippen molar-refractivity contribution in [1.82, 2.24) is 0 Å². The summed E-state index contributed by atoms with van der Waals surface area (Å²) in [6, 6.07) is 22.7.